The largest absolute Gasteiger partial charge is 0.330 e. The van der Waals surface area contributed by atoms with Gasteiger partial charge in [0.2, 0.25) is 0 Å². The Morgan fingerprint density at radius 2 is 2.06 bits per heavy atom. The van der Waals surface area contributed by atoms with Crippen LogP contribution in [0.3, 0.4) is 0 Å². The van der Waals surface area contributed by atoms with E-state index in [1.54, 1.807) is 12.4 Å². The Balaban J connectivity index is 1.97. The molecule has 0 saturated heterocycles. The van der Waals surface area contributed by atoms with E-state index < -0.39 is 0 Å². The Hall–Kier alpha value is -1.75. The first-order valence-corrected chi connectivity index (χ1v) is 5.37. The van der Waals surface area contributed by atoms with Gasteiger partial charge in [-0.05, 0) is 30.7 Å². The molecule has 2 rings (SSSR count). The molecule has 3 N–H and O–H groups in total. The Kier molecular flexibility index (Phi) is 3.61. The van der Waals surface area contributed by atoms with Crippen molar-refractivity contribution in [2.24, 2.45) is 5.73 Å². The van der Waals surface area contributed by atoms with Gasteiger partial charge in [-0.1, -0.05) is 0 Å². The van der Waals surface area contributed by atoms with Crippen molar-refractivity contribution in [3.05, 3.63) is 41.7 Å². The van der Waals surface area contributed by atoms with Gasteiger partial charge in [0.25, 0.3) is 0 Å². The minimum atomic E-state index is 0.675. The maximum Gasteiger partial charge on any atom is 0.150 e. The van der Waals surface area contributed by atoms with Crippen molar-refractivity contribution in [1.29, 1.82) is 0 Å². The van der Waals surface area contributed by atoms with E-state index in [2.05, 4.69) is 20.2 Å². The topological polar surface area (TPSA) is 80.5 Å². The van der Waals surface area contributed by atoms with Gasteiger partial charge >= 0.3 is 0 Å². The van der Waals surface area contributed by atoms with Crippen LogP contribution in [0, 0.1) is 0 Å². The second-order valence-electron chi connectivity index (χ2n) is 3.62. The zero-order chi connectivity index (χ0) is 11.2. The molecule has 0 bridgehead atoms. The van der Waals surface area contributed by atoms with Gasteiger partial charge in [0, 0.05) is 25.2 Å². The summed E-state index contributed by atoms with van der Waals surface area (Å²) in [5, 5.41) is 7.08. The molecule has 5 heteroatoms. The van der Waals surface area contributed by atoms with Crippen molar-refractivity contribution >= 4 is 0 Å². The summed E-state index contributed by atoms with van der Waals surface area (Å²) in [6.07, 6.45) is 6.08. The fourth-order valence-electron chi connectivity index (χ4n) is 1.48. The van der Waals surface area contributed by atoms with Crippen LogP contribution in [0.2, 0.25) is 0 Å². The number of pyridine rings is 1. The Morgan fingerprint density at radius 3 is 2.81 bits per heavy atom. The Bertz CT molecular complexity index is 423. The van der Waals surface area contributed by atoms with E-state index in [-0.39, 0.29) is 0 Å². The number of nitrogens with one attached hydrogen (secondary N) is 1. The molecule has 0 aliphatic carbocycles. The molecule has 0 unspecified atom stereocenters. The number of hydrogen-bond donors (Lipinski definition) is 2. The van der Waals surface area contributed by atoms with Crippen LogP contribution in [0.5, 0.6) is 0 Å². The van der Waals surface area contributed by atoms with Crippen molar-refractivity contribution in [3.8, 4) is 0 Å². The third-order valence-corrected chi connectivity index (χ3v) is 2.30. The van der Waals surface area contributed by atoms with Crippen molar-refractivity contribution in [2.75, 3.05) is 6.54 Å². The number of H-pyrrole nitrogens is 1. The van der Waals surface area contributed by atoms with E-state index >= 15 is 0 Å². The molecule has 16 heavy (non-hydrogen) atoms. The van der Waals surface area contributed by atoms with Gasteiger partial charge in [0.15, 0.2) is 5.82 Å². The Morgan fingerprint density at radius 1 is 1.25 bits per heavy atom. The average molecular weight is 217 g/mol. The van der Waals surface area contributed by atoms with Crippen LogP contribution in [0.1, 0.15) is 23.6 Å². The monoisotopic (exact) mass is 217 g/mol. The number of hydrogen-bond acceptors (Lipinski definition) is 4. The quantitative estimate of drug-likeness (QED) is 0.771. The van der Waals surface area contributed by atoms with E-state index in [1.807, 2.05) is 12.1 Å². The first-order valence-electron chi connectivity index (χ1n) is 5.37. The van der Waals surface area contributed by atoms with Crippen LogP contribution >= 0.6 is 0 Å². The summed E-state index contributed by atoms with van der Waals surface area (Å²) in [5.41, 5.74) is 6.61. The minimum Gasteiger partial charge on any atom is -0.330 e. The molecule has 0 spiro atoms. The van der Waals surface area contributed by atoms with Crippen molar-refractivity contribution in [2.45, 2.75) is 19.3 Å². The number of rotatable bonds is 5. The van der Waals surface area contributed by atoms with Gasteiger partial charge < -0.3 is 5.73 Å². The molecule has 2 aromatic heterocycles. The maximum absolute atomic E-state index is 5.43. The van der Waals surface area contributed by atoms with Crippen LogP contribution in [0.15, 0.2) is 24.5 Å². The summed E-state index contributed by atoms with van der Waals surface area (Å²) in [6, 6.07) is 3.95. The molecular weight excluding hydrogens is 202 g/mol. The molecule has 0 aromatic carbocycles. The summed E-state index contributed by atoms with van der Waals surface area (Å²) in [7, 11) is 0. The van der Waals surface area contributed by atoms with E-state index in [9.17, 15) is 0 Å². The van der Waals surface area contributed by atoms with Gasteiger partial charge in [-0.3, -0.25) is 10.1 Å². The van der Waals surface area contributed by atoms with Gasteiger partial charge in [0.1, 0.15) is 5.82 Å². The third-order valence-electron chi connectivity index (χ3n) is 2.30. The number of aromatic amines is 1. The molecule has 0 fully saturated rings. The van der Waals surface area contributed by atoms with Gasteiger partial charge in [-0.15, -0.1) is 0 Å². The second kappa shape index (κ2) is 5.37. The second-order valence-corrected chi connectivity index (χ2v) is 3.62. The van der Waals surface area contributed by atoms with Gasteiger partial charge in [-0.2, -0.15) is 5.10 Å². The minimum absolute atomic E-state index is 0.675. The van der Waals surface area contributed by atoms with Crippen molar-refractivity contribution in [1.82, 2.24) is 20.2 Å². The predicted octanol–water partition coefficient (Wildman–Crippen LogP) is 0.682. The fourth-order valence-corrected chi connectivity index (χ4v) is 1.48. The lowest BCUT2D eigenvalue weighted by Gasteiger charge is -1.95. The lowest BCUT2D eigenvalue weighted by molar-refractivity contribution is 0.785. The van der Waals surface area contributed by atoms with Crippen LogP contribution in [-0.2, 0) is 12.8 Å². The van der Waals surface area contributed by atoms with Crippen molar-refractivity contribution < 1.29 is 0 Å². The highest BCUT2D eigenvalue weighted by Gasteiger charge is 2.03. The summed E-state index contributed by atoms with van der Waals surface area (Å²) in [4.78, 5) is 8.37. The van der Waals surface area contributed by atoms with E-state index in [4.69, 9.17) is 5.73 Å². The number of aryl methyl sites for hydroxylation is 1. The molecule has 5 nitrogen and oxygen atoms in total. The summed E-state index contributed by atoms with van der Waals surface area (Å²) in [5.74, 6) is 1.73. The van der Waals surface area contributed by atoms with E-state index in [0.29, 0.717) is 6.54 Å². The maximum atomic E-state index is 5.43. The van der Waals surface area contributed by atoms with Crippen LogP contribution < -0.4 is 5.73 Å². The molecular formula is C11H15N5. The molecule has 0 radical (unpaired) electrons. The number of aromatic nitrogens is 4. The highest BCUT2D eigenvalue weighted by Crippen LogP contribution is 2.04. The molecule has 2 heterocycles. The lowest BCUT2D eigenvalue weighted by Crippen LogP contribution is -2.01. The van der Waals surface area contributed by atoms with Crippen LogP contribution in [0.4, 0.5) is 0 Å². The smallest absolute Gasteiger partial charge is 0.150 e. The van der Waals surface area contributed by atoms with Gasteiger partial charge in [0.05, 0.1) is 0 Å². The zero-order valence-corrected chi connectivity index (χ0v) is 9.06. The first kappa shape index (κ1) is 10.8. The summed E-state index contributed by atoms with van der Waals surface area (Å²) < 4.78 is 0. The average Bonchev–Trinajstić information content (AvgIpc) is 2.75. The fraction of sp³-hybridized carbons (Fsp3) is 0.364. The highest BCUT2D eigenvalue weighted by atomic mass is 15.2. The van der Waals surface area contributed by atoms with E-state index in [1.165, 1.54) is 5.56 Å². The molecule has 0 aliphatic rings. The van der Waals surface area contributed by atoms with E-state index in [0.717, 1.165) is 30.9 Å². The molecule has 0 amide bonds. The molecule has 0 aliphatic heterocycles. The number of nitrogens with two attached hydrogens (primary N) is 1. The predicted molar refractivity (Wildman–Crippen MR) is 60.8 cm³/mol. The molecule has 0 saturated carbocycles. The third kappa shape index (κ3) is 2.87. The zero-order valence-electron chi connectivity index (χ0n) is 9.06. The normalized spacial score (nSPS) is 10.6. The molecule has 0 atom stereocenters. The molecule has 2 aromatic rings. The highest BCUT2D eigenvalue weighted by molar-refractivity contribution is 5.15. The summed E-state index contributed by atoms with van der Waals surface area (Å²) >= 11 is 0. The number of nitrogens with zero attached hydrogens (tertiary/aromatic N) is 3. The van der Waals surface area contributed by atoms with Crippen LogP contribution in [0.25, 0.3) is 0 Å². The molecule has 84 valence electrons. The first-order chi connectivity index (χ1) is 7.88. The Labute approximate surface area is 94.1 Å². The SMILES string of the molecule is NCCCc1n[nH]c(Cc2ccncc2)n1. The van der Waals surface area contributed by atoms with Crippen molar-refractivity contribution in [3.63, 3.8) is 0 Å². The van der Waals surface area contributed by atoms with Gasteiger partial charge in [-0.25, -0.2) is 4.98 Å². The van der Waals surface area contributed by atoms with Crippen LogP contribution in [-0.4, -0.2) is 26.7 Å². The lowest BCUT2D eigenvalue weighted by atomic mass is 10.2. The standard InChI is InChI=1S/C11H15N5/c12-5-1-2-10-14-11(16-15-10)8-9-3-6-13-7-4-9/h3-4,6-7H,1-2,5,8,12H2,(H,14,15,16). The summed E-state index contributed by atoms with van der Waals surface area (Å²) in [6.45, 7) is 0.675.